The second kappa shape index (κ2) is 2.76. The van der Waals surface area contributed by atoms with Crippen LogP contribution in [0.4, 0.5) is 0 Å². The summed E-state index contributed by atoms with van der Waals surface area (Å²) in [5, 5.41) is 0. The van der Waals surface area contributed by atoms with Gasteiger partial charge in [0, 0.05) is 6.42 Å². The Hall–Kier alpha value is 0.340. The van der Waals surface area contributed by atoms with Crippen LogP contribution < -0.4 is 0 Å². The first-order valence-electron chi connectivity index (χ1n) is 2.96. The highest BCUT2D eigenvalue weighted by Crippen LogP contribution is 2.25. The van der Waals surface area contributed by atoms with Gasteiger partial charge >= 0.3 is 0 Å². The van der Waals surface area contributed by atoms with E-state index in [1.807, 2.05) is 0 Å². The van der Waals surface area contributed by atoms with Crippen molar-refractivity contribution in [2.45, 2.75) is 19.3 Å². The van der Waals surface area contributed by atoms with Crippen LogP contribution in [-0.2, 0) is 0 Å². The Balaban J connectivity index is 2.42. The molecule has 1 rings (SSSR count). The third-order valence-corrected chi connectivity index (χ3v) is 2.44. The summed E-state index contributed by atoms with van der Waals surface area (Å²) in [6.45, 7) is 3.98. The van der Waals surface area contributed by atoms with Gasteiger partial charge in [-0.15, -0.1) is 0 Å². The second-order valence-electron chi connectivity index (χ2n) is 2.29. The average Bonchev–Trinajstić information content (AvgIpc) is 1.77. The van der Waals surface area contributed by atoms with Crippen LogP contribution in [0.1, 0.15) is 19.3 Å². The van der Waals surface area contributed by atoms with Gasteiger partial charge in [-0.1, -0.05) is 6.08 Å². The molecule has 0 amide bonds. The van der Waals surface area contributed by atoms with Gasteiger partial charge in [-0.2, -0.15) is 0 Å². The molecular formula is C7H10I+. The van der Waals surface area contributed by atoms with E-state index in [-0.39, 0.29) is 0 Å². The van der Waals surface area contributed by atoms with Crippen LogP contribution in [0.5, 0.6) is 0 Å². The lowest BCUT2D eigenvalue weighted by Crippen LogP contribution is -1.97. The van der Waals surface area contributed by atoms with Crippen LogP contribution in [0.25, 0.3) is 0 Å². The fourth-order valence-electron chi connectivity index (χ4n) is 0.856. The second-order valence-corrected chi connectivity index (χ2v) is 3.68. The molecule has 0 saturated carbocycles. The molecule has 0 heterocycles. The summed E-state index contributed by atoms with van der Waals surface area (Å²) < 4.78 is 1.52. The predicted octanol–water partition coefficient (Wildman–Crippen LogP) is 2.94. The highest BCUT2D eigenvalue weighted by atomic mass is 127. The smallest absolute Gasteiger partial charge is 0.0707 e. The van der Waals surface area contributed by atoms with Crippen molar-refractivity contribution in [2.75, 3.05) is 0 Å². The third-order valence-electron chi connectivity index (χ3n) is 1.46. The van der Waals surface area contributed by atoms with E-state index < -0.39 is 0 Å². The first-order chi connectivity index (χ1) is 3.79. The molecule has 1 aliphatic carbocycles. The van der Waals surface area contributed by atoms with E-state index in [1.54, 1.807) is 0 Å². The van der Waals surface area contributed by atoms with Gasteiger partial charge in [0.15, 0.2) is 0 Å². The largest absolute Gasteiger partial charge is 0.0990 e. The highest BCUT2D eigenvalue weighted by Gasteiger charge is 2.11. The molecule has 44 valence electrons. The number of hydrogen-bond acceptors (Lipinski definition) is 0. The van der Waals surface area contributed by atoms with Gasteiger partial charge in [0.05, 0.1) is 12.8 Å². The fourth-order valence-corrected chi connectivity index (χ4v) is 1.42. The minimum atomic E-state index is 0.688. The Kier molecular flexibility index (Phi) is 2.23. The molecule has 0 radical (unpaired) electrons. The molecule has 0 aliphatic heterocycles. The highest BCUT2D eigenvalue weighted by molar-refractivity contribution is 14.1. The third kappa shape index (κ3) is 1.69. The van der Waals surface area contributed by atoms with Crippen molar-refractivity contribution in [3.63, 3.8) is 0 Å². The van der Waals surface area contributed by atoms with Crippen LogP contribution in [0.15, 0.2) is 9.66 Å². The van der Waals surface area contributed by atoms with Crippen molar-refractivity contribution in [3.8, 4) is 0 Å². The Labute approximate surface area is 64.5 Å². The lowest BCUT2D eigenvalue weighted by molar-refractivity contribution is 0.578. The van der Waals surface area contributed by atoms with E-state index in [1.165, 1.54) is 22.8 Å². The predicted molar refractivity (Wildman–Crippen MR) is 44.8 cm³/mol. The zero-order valence-corrected chi connectivity index (χ0v) is 7.02. The maximum absolute atomic E-state index is 3.98. The van der Waals surface area contributed by atoms with Crippen molar-refractivity contribution in [1.82, 2.24) is 0 Å². The zero-order valence-electron chi connectivity index (χ0n) is 4.86. The minimum Gasteiger partial charge on any atom is -0.0707 e. The molecule has 0 spiro atoms. The van der Waals surface area contributed by atoms with Gasteiger partial charge in [-0.05, 0) is 39.0 Å². The monoisotopic (exact) mass is 221 g/mol. The van der Waals surface area contributed by atoms with E-state index in [2.05, 4.69) is 35.6 Å². The van der Waals surface area contributed by atoms with Gasteiger partial charge in [0.2, 0.25) is 0 Å². The maximum Gasteiger partial charge on any atom is 0.0990 e. The number of halogens is 1. The van der Waals surface area contributed by atoms with Crippen molar-refractivity contribution in [2.24, 2.45) is 5.92 Å². The van der Waals surface area contributed by atoms with E-state index in [0.717, 1.165) is 0 Å². The quantitative estimate of drug-likeness (QED) is 0.435. The van der Waals surface area contributed by atoms with E-state index in [4.69, 9.17) is 0 Å². The summed E-state index contributed by atoms with van der Waals surface area (Å²) in [4.78, 5) is 0. The molecule has 0 saturated heterocycles. The summed E-state index contributed by atoms with van der Waals surface area (Å²) >= 11 is 2.40. The molecule has 0 fully saturated rings. The lowest BCUT2D eigenvalue weighted by atomic mass is 9.97. The summed E-state index contributed by atoms with van der Waals surface area (Å²) in [7, 11) is 0. The minimum absolute atomic E-state index is 0.688. The molecule has 0 aromatic heterocycles. The SMILES string of the molecule is [CH2+]C1CC=C(I)CC1. The summed E-state index contributed by atoms with van der Waals surface area (Å²) in [5.74, 6) is 0.688. The molecule has 8 heavy (non-hydrogen) atoms. The molecule has 0 N–H and O–H groups in total. The molecule has 0 aromatic rings. The van der Waals surface area contributed by atoms with Gasteiger partial charge < -0.3 is 0 Å². The van der Waals surface area contributed by atoms with Gasteiger partial charge in [0.25, 0.3) is 0 Å². The molecule has 1 atom stereocenters. The fraction of sp³-hybridized carbons (Fsp3) is 0.571. The van der Waals surface area contributed by atoms with E-state index >= 15 is 0 Å². The first-order valence-corrected chi connectivity index (χ1v) is 4.04. The maximum atomic E-state index is 3.98. The topological polar surface area (TPSA) is 0 Å². The van der Waals surface area contributed by atoms with Crippen molar-refractivity contribution in [1.29, 1.82) is 0 Å². The summed E-state index contributed by atoms with van der Waals surface area (Å²) in [5.41, 5.74) is 0. The van der Waals surface area contributed by atoms with Crippen LogP contribution in [-0.4, -0.2) is 0 Å². The van der Waals surface area contributed by atoms with Crippen molar-refractivity contribution >= 4 is 22.6 Å². The Morgan fingerprint density at radius 2 is 2.50 bits per heavy atom. The summed E-state index contributed by atoms with van der Waals surface area (Å²) in [6, 6.07) is 0. The molecule has 0 bridgehead atoms. The first kappa shape index (κ1) is 6.46. The Morgan fingerprint density at radius 1 is 1.75 bits per heavy atom. The molecule has 1 heteroatoms. The van der Waals surface area contributed by atoms with Crippen molar-refractivity contribution in [3.05, 3.63) is 16.6 Å². The van der Waals surface area contributed by atoms with Crippen LogP contribution in [0.2, 0.25) is 0 Å². The van der Waals surface area contributed by atoms with Crippen molar-refractivity contribution < 1.29 is 0 Å². The van der Waals surface area contributed by atoms with Crippen LogP contribution in [0, 0.1) is 12.8 Å². The molecular weight excluding hydrogens is 211 g/mol. The average molecular weight is 221 g/mol. The Morgan fingerprint density at radius 3 is 2.88 bits per heavy atom. The van der Waals surface area contributed by atoms with Gasteiger partial charge in [-0.3, -0.25) is 0 Å². The Bertz CT molecular complexity index is 105. The van der Waals surface area contributed by atoms with Gasteiger partial charge in [0.1, 0.15) is 0 Å². The standard InChI is InChI=1S/C7H10I/c1-6-2-4-7(8)5-3-6/h4,6H,1-3,5H2/q+1. The molecule has 1 aliphatic rings. The normalized spacial score (nSPS) is 29.6. The van der Waals surface area contributed by atoms with E-state index in [9.17, 15) is 0 Å². The molecule has 0 aromatic carbocycles. The summed E-state index contributed by atoms with van der Waals surface area (Å²) in [6.07, 6.45) is 6.03. The number of allylic oxidation sites excluding steroid dienone is 2. The zero-order chi connectivity index (χ0) is 5.98. The lowest BCUT2D eigenvalue weighted by Gasteiger charge is -2.08. The number of hydrogen-bond donors (Lipinski definition) is 0. The van der Waals surface area contributed by atoms with Crippen LogP contribution >= 0.6 is 22.6 Å². The van der Waals surface area contributed by atoms with Crippen LogP contribution in [0.3, 0.4) is 0 Å². The molecule has 0 nitrogen and oxygen atoms in total. The van der Waals surface area contributed by atoms with E-state index in [0.29, 0.717) is 5.92 Å². The molecule has 1 unspecified atom stereocenters. The number of rotatable bonds is 0. The van der Waals surface area contributed by atoms with Gasteiger partial charge in [-0.25, -0.2) is 0 Å².